The summed E-state index contributed by atoms with van der Waals surface area (Å²) in [6, 6.07) is 22.4. The maximum Gasteiger partial charge on any atom is 0.0674 e. The van der Waals surface area contributed by atoms with Crippen LogP contribution in [-0.4, -0.2) is 17.0 Å². The van der Waals surface area contributed by atoms with Crippen molar-refractivity contribution in [2.45, 2.75) is 83.6 Å². The van der Waals surface area contributed by atoms with Crippen LogP contribution in [0.2, 0.25) is 0 Å². The lowest BCUT2D eigenvalue weighted by Gasteiger charge is -2.40. The lowest BCUT2D eigenvalue weighted by atomic mass is 9.68. The van der Waals surface area contributed by atoms with Crippen LogP contribution < -0.4 is 5.73 Å². The Kier molecular flexibility index (Phi) is 10.8. The zero-order valence-electron chi connectivity index (χ0n) is 26.7. The minimum atomic E-state index is -0.312. The standard InChI is InChI=1S/C40H50N2S/c1-29-12-10-17-34-23-25-37(42-39(34)26-29)24-20-31-13-11-18-35(27-31)36(28-43-4)22-21-33-16-8-9-19-38(33)40(3,41)30(2)32-14-6-5-7-15-32/h8-13,16,18-20,23-27,30,32,36H,5-7,14-15,17,21-22,28,41H2,1-4H3/b24-20+. The van der Waals surface area contributed by atoms with Crippen LogP contribution in [0.1, 0.15) is 104 Å². The fraction of sp³-hybridized carbons (Fsp3) is 0.425. The summed E-state index contributed by atoms with van der Waals surface area (Å²) in [4.78, 5) is 4.94. The van der Waals surface area contributed by atoms with Gasteiger partial charge in [0.1, 0.15) is 0 Å². The molecule has 2 aliphatic carbocycles. The molecule has 1 heterocycles. The smallest absolute Gasteiger partial charge is 0.0674 e. The number of benzene rings is 2. The van der Waals surface area contributed by atoms with Gasteiger partial charge in [0, 0.05) is 5.54 Å². The van der Waals surface area contributed by atoms with Crippen molar-refractivity contribution in [2.75, 3.05) is 12.0 Å². The molecule has 2 nitrogen and oxygen atoms in total. The Labute approximate surface area is 265 Å². The van der Waals surface area contributed by atoms with Crippen molar-refractivity contribution in [3.63, 3.8) is 0 Å². The van der Waals surface area contributed by atoms with E-state index in [1.807, 2.05) is 11.8 Å². The number of aromatic nitrogens is 1. The number of hydrogen-bond donors (Lipinski definition) is 1. The van der Waals surface area contributed by atoms with Crippen LogP contribution in [0.25, 0.3) is 18.2 Å². The first kappa shape index (κ1) is 31.5. The van der Waals surface area contributed by atoms with E-state index in [0.717, 1.165) is 42.3 Å². The molecule has 3 unspecified atom stereocenters. The number of rotatable bonds is 11. The summed E-state index contributed by atoms with van der Waals surface area (Å²) >= 11 is 1.94. The molecule has 43 heavy (non-hydrogen) atoms. The van der Waals surface area contributed by atoms with Crippen LogP contribution in [-0.2, 0) is 18.4 Å². The number of hydrogen-bond acceptors (Lipinski definition) is 3. The fourth-order valence-electron chi connectivity index (χ4n) is 7.15. The van der Waals surface area contributed by atoms with E-state index in [1.54, 1.807) is 0 Å². The van der Waals surface area contributed by atoms with Crippen molar-refractivity contribution in [3.8, 4) is 0 Å². The van der Waals surface area contributed by atoms with E-state index in [2.05, 4.69) is 118 Å². The number of nitrogens with two attached hydrogens (primary N) is 1. The van der Waals surface area contributed by atoms with Gasteiger partial charge in [0.25, 0.3) is 0 Å². The van der Waals surface area contributed by atoms with Crippen molar-refractivity contribution in [2.24, 2.45) is 17.6 Å². The first-order valence-corrected chi connectivity index (χ1v) is 17.7. The molecule has 1 fully saturated rings. The van der Waals surface area contributed by atoms with Gasteiger partial charge in [-0.2, -0.15) is 11.8 Å². The van der Waals surface area contributed by atoms with E-state index in [9.17, 15) is 0 Å². The first-order chi connectivity index (χ1) is 20.8. The Bertz CT molecular complexity index is 1460. The van der Waals surface area contributed by atoms with Crippen molar-refractivity contribution in [1.29, 1.82) is 0 Å². The van der Waals surface area contributed by atoms with Gasteiger partial charge in [0.2, 0.25) is 0 Å². The van der Waals surface area contributed by atoms with Crippen LogP contribution in [0.4, 0.5) is 0 Å². The third-order valence-corrected chi connectivity index (χ3v) is 10.7. The summed E-state index contributed by atoms with van der Waals surface area (Å²) in [7, 11) is 0. The molecule has 0 radical (unpaired) electrons. The molecule has 1 aromatic heterocycles. The molecule has 0 saturated heterocycles. The van der Waals surface area contributed by atoms with Crippen LogP contribution in [0.15, 0.2) is 78.4 Å². The highest BCUT2D eigenvalue weighted by molar-refractivity contribution is 7.98. The van der Waals surface area contributed by atoms with Gasteiger partial charge in [0.05, 0.1) is 11.4 Å². The van der Waals surface area contributed by atoms with Gasteiger partial charge in [-0.05, 0) is 114 Å². The predicted octanol–water partition coefficient (Wildman–Crippen LogP) is 10.2. The Morgan fingerprint density at radius 3 is 2.65 bits per heavy atom. The van der Waals surface area contributed by atoms with Crippen LogP contribution in [0, 0.1) is 11.8 Å². The van der Waals surface area contributed by atoms with E-state index in [-0.39, 0.29) is 5.54 Å². The monoisotopic (exact) mass is 590 g/mol. The highest BCUT2D eigenvalue weighted by Crippen LogP contribution is 2.40. The molecule has 0 bridgehead atoms. The van der Waals surface area contributed by atoms with Gasteiger partial charge in [-0.1, -0.05) is 112 Å². The molecule has 3 heteroatoms. The normalized spacial score (nSPS) is 18.5. The largest absolute Gasteiger partial charge is 0.321 e. The number of pyridine rings is 1. The summed E-state index contributed by atoms with van der Waals surface area (Å²) in [5.74, 6) is 2.81. The fourth-order valence-corrected chi connectivity index (χ4v) is 7.92. The Hall–Kier alpha value is -2.88. The van der Waals surface area contributed by atoms with Gasteiger partial charge in [-0.3, -0.25) is 0 Å². The highest BCUT2D eigenvalue weighted by atomic mass is 32.2. The van der Waals surface area contributed by atoms with Gasteiger partial charge >= 0.3 is 0 Å². The number of thioether (sulfide) groups is 1. The molecule has 3 aromatic rings. The lowest BCUT2D eigenvalue weighted by molar-refractivity contribution is 0.175. The van der Waals surface area contributed by atoms with Gasteiger partial charge in [-0.25, -0.2) is 4.98 Å². The minimum absolute atomic E-state index is 0.312. The third kappa shape index (κ3) is 7.99. The molecule has 0 aliphatic heterocycles. The molecule has 2 aliphatic rings. The molecular formula is C40H50N2S. The Morgan fingerprint density at radius 1 is 1.02 bits per heavy atom. The van der Waals surface area contributed by atoms with E-state index in [0.29, 0.717) is 11.8 Å². The van der Waals surface area contributed by atoms with E-state index in [4.69, 9.17) is 10.7 Å². The SMILES string of the molecule is CSCC(CCc1ccccc1C(C)(N)C(C)C1CCCCC1)c1cccc(/C=C/c2ccc3c(n2)C=C(C)C=CC3)c1. The molecule has 3 atom stereocenters. The number of fused-ring (bicyclic) bond motifs is 1. The van der Waals surface area contributed by atoms with Crippen LogP contribution >= 0.6 is 11.8 Å². The van der Waals surface area contributed by atoms with E-state index >= 15 is 0 Å². The Morgan fingerprint density at radius 2 is 1.84 bits per heavy atom. The second-order valence-electron chi connectivity index (χ2n) is 13.1. The maximum atomic E-state index is 7.22. The highest BCUT2D eigenvalue weighted by Gasteiger charge is 2.36. The van der Waals surface area contributed by atoms with Crippen molar-refractivity contribution < 1.29 is 0 Å². The van der Waals surface area contributed by atoms with Crippen molar-refractivity contribution >= 4 is 30.0 Å². The van der Waals surface area contributed by atoms with Crippen LogP contribution in [0.5, 0.6) is 0 Å². The Balaban J connectivity index is 1.31. The van der Waals surface area contributed by atoms with E-state index in [1.165, 1.54) is 65.5 Å². The zero-order chi connectivity index (χ0) is 30.2. The van der Waals surface area contributed by atoms with Gasteiger partial charge in [0.15, 0.2) is 0 Å². The average molecular weight is 591 g/mol. The number of aryl methyl sites for hydroxylation is 1. The second kappa shape index (κ2) is 14.7. The quantitative estimate of drug-likeness (QED) is 0.241. The molecule has 1 saturated carbocycles. The molecule has 5 rings (SSSR count). The zero-order valence-corrected chi connectivity index (χ0v) is 27.5. The van der Waals surface area contributed by atoms with Crippen molar-refractivity contribution in [1.82, 2.24) is 4.98 Å². The van der Waals surface area contributed by atoms with E-state index < -0.39 is 0 Å². The summed E-state index contributed by atoms with van der Waals surface area (Å²) in [5.41, 5.74) is 16.9. The number of allylic oxidation sites excluding steroid dienone is 3. The molecule has 2 aromatic carbocycles. The molecule has 226 valence electrons. The van der Waals surface area contributed by atoms with Gasteiger partial charge in [-0.15, -0.1) is 0 Å². The third-order valence-electron chi connectivity index (χ3n) is 9.98. The second-order valence-corrected chi connectivity index (χ2v) is 14.0. The summed E-state index contributed by atoms with van der Waals surface area (Å²) in [6.07, 6.45) is 23.0. The topological polar surface area (TPSA) is 38.9 Å². The van der Waals surface area contributed by atoms with Gasteiger partial charge < -0.3 is 5.73 Å². The predicted molar refractivity (Wildman–Crippen MR) is 189 cm³/mol. The first-order valence-electron chi connectivity index (χ1n) is 16.3. The molecule has 0 spiro atoms. The molecular weight excluding hydrogens is 541 g/mol. The van der Waals surface area contributed by atoms with Crippen LogP contribution in [0.3, 0.4) is 0 Å². The molecule has 2 N–H and O–H groups in total. The maximum absolute atomic E-state index is 7.22. The number of nitrogens with zero attached hydrogens (tertiary/aromatic N) is 1. The van der Waals surface area contributed by atoms with Crippen molar-refractivity contribution in [3.05, 3.63) is 118 Å². The summed E-state index contributed by atoms with van der Waals surface area (Å²) in [5, 5.41) is 0. The lowest BCUT2D eigenvalue weighted by Crippen LogP contribution is -2.44. The molecule has 0 amide bonds. The average Bonchev–Trinajstić information content (AvgIpc) is 3.22. The summed E-state index contributed by atoms with van der Waals surface area (Å²) in [6.45, 7) is 6.82. The minimum Gasteiger partial charge on any atom is -0.321 e. The summed E-state index contributed by atoms with van der Waals surface area (Å²) < 4.78 is 0.